The van der Waals surface area contributed by atoms with E-state index in [1.165, 1.54) is 12.3 Å². The number of ether oxygens (including phenoxy) is 6. The lowest BCUT2D eigenvalue weighted by Crippen LogP contribution is -2.36. The Morgan fingerprint density at radius 3 is 2.32 bits per heavy atom. The van der Waals surface area contributed by atoms with E-state index in [1.54, 1.807) is 53.7 Å². The summed E-state index contributed by atoms with van der Waals surface area (Å²) in [6.07, 6.45) is 3.75. The van der Waals surface area contributed by atoms with Crippen molar-refractivity contribution in [2.45, 2.75) is 109 Å². The van der Waals surface area contributed by atoms with Crippen LogP contribution in [0.5, 0.6) is 0 Å². The number of aliphatic imine (C=N–C) groups is 1. The highest BCUT2D eigenvalue weighted by Crippen LogP contribution is 2.33. The number of carbonyl (C=O) groups is 5. The zero-order valence-corrected chi connectivity index (χ0v) is 37.7. The number of thioether (sulfide) groups is 1. The molecule has 3 atom stereocenters. The van der Waals surface area contributed by atoms with E-state index in [0.29, 0.717) is 75.7 Å². The van der Waals surface area contributed by atoms with E-state index < -0.39 is 23.3 Å². The Labute approximate surface area is 369 Å². The van der Waals surface area contributed by atoms with E-state index in [-0.39, 0.29) is 67.1 Å². The molecule has 1 aromatic rings. The monoisotopic (exact) mass is 887 g/mol. The first-order valence-corrected chi connectivity index (χ1v) is 22.0. The Morgan fingerprint density at radius 1 is 0.903 bits per heavy atom. The topological polar surface area (TPSA) is 240 Å². The third-order valence-corrected chi connectivity index (χ3v) is 10.3. The summed E-state index contributed by atoms with van der Waals surface area (Å²) in [6.45, 7) is 13.7. The molecule has 2 saturated heterocycles. The largest absolute Gasteiger partial charge is 0.460 e. The van der Waals surface area contributed by atoms with Crippen LogP contribution >= 0.6 is 11.8 Å². The summed E-state index contributed by atoms with van der Waals surface area (Å²) in [5.74, 6) is 11.4. The molecule has 4 amide bonds. The molecule has 1 unspecified atom stereocenters. The molecular weight excluding hydrogens is 823 g/mol. The maximum absolute atomic E-state index is 13.2. The predicted octanol–water partition coefficient (Wildman–Crippen LogP) is 3.98. The number of benzene rings is 1. The van der Waals surface area contributed by atoms with Crippen LogP contribution in [0.1, 0.15) is 96.0 Å². The van der Waals surface area contributed by atoms with Crippen LogP contribution in [0.25, 0.3) is 0 Å². The Morgan fingerprint density at radius 2 is 1.61 bits per heavy atom. The number of fused-ring (bicyclic) bond motifs is 1. The molecule has 2 aliphatic heterocycles. The fourth-order valence-electron chi connectivity index (χ4n) is 6.02. The number of hydrazone groups is 1. The summed E-state index contributed by atoms with van der Waals surface area (Å²) in [5, 5.41) is 15.5. The highest BCUT2D eigenvalue weighted by atomic mass is 32.2. The van der Waals surface area contributed by atoms with Crippen molar-refractivity contribution in [1.29, 1.82) is 0 Å². The first-order chi connectivity index (χ1) is 29.5. The minimum atomic E-state index is -0.747. The lowest BCUT2D eigenvalue weighted by Gasteiger charge is -2.20. The molecule has 3 rings (SSSR count). The molecule has 0 bridgehead atoms. The van der Waals surface area contributed by atoms with Crippen LogP contribution in [0.4, 0.5) is 15.3 Å². The summed E-state index contributed by atoms with van der Waals surface area (Å²) in [5.41, 5.74) is -0.135. The maximum Gasteiger partial charge on any atom is 0.412 e. The lowest BCUT2D eigenvalue weighted by molar-refractivity contribution is -0.154. The van der Waals surface area contributed by atoms with Crippen LogP contribution in [0.3, 0.4) is 0 Å². The first kappa shape index (κ1) is 51.6. The van der Waals surface area contributed by atoms with Gasteiger partial charge in [0, 0.05) is 47.7 Å². The van der Waals surface area contributed by atoms with Gasteiger partial charge in [-0.25, -0.2) is 9.59 Å². The van der Waals surface area contributed by atoms with Gasteiger partial charge in [-0.15, -0.1) is 0 Å². The molecule has 6 N–H and O–H groups in total. The molecule has 0 saturated carbocycles. The second kappa shape index (κ2) is 27.3. The van der Waals surface area contributed by atoms with Gasteiger partial charge in [0.2, 0.25) is 5.91 Å². The van der Waals surface area contributed by atoms with Crippen molar-refractivity contribution in [2.24, 2.45) is 15.9 Å². The predicted molar refractivity (Wildman–Crippen MR) is 238 cm³/mol. The molecule has 0 radical (unpaired) electrons. The first-order valence-electron chi connectivity index (χ1n) is 20.9. The number of esters is 1. The molecule has 2 heterocycles. The second-order valence-electron chi connectivity index (χ2n) is 16.4. The van der Waals surface area contributed by atoms with E-state index in [4.69, 9.17) is 34.3 Å². The van der Waals surface area contributed by atoms with E-state index in [2.05, 4.69) is 43.2 Å². The number of carbonyl (C=O) groups excluding carboxylic acids is 5. The molecule has 62 heavy (non-hydrogen) atoms. The Kier molecular flexibility index (Phi) is 22.8. The van der Waals surface area contributed by atoms with Crippen molar-refractivity contribution in [3.63, 3.8) is 0 Å². The van der Waals surface area contributed by atoms with E-state index in [1.807, 2.05) is 11.8 Å². The summed E-state index contributed by atoms with van der Waals surface area (Å²) in [6, 6.07) is 5.08. The molecule has 18 nitrogen and oxygen atoms in total. The quantitative estimate of drug-likeness (QED) is 0.0130. The van der Waals surface area contributed by atoms with Gasteiger partial charge in [-0.05, 0) is 72.6 Å². The highest BCUT2D eigenvalue weighted by Gasteiger charge is 2.42. The van der Waals surface area contributed by atoms with Crippen molar-refractivity contribution < 1.29 is 52.4 Å². The molecule has 2 fully saturated rings. The third kappa shape index (κ3) is 21.9. The summed E-state index contributed by atoms with van der Waals surface area (Å²) in [7, 11) is 0. The fourth-order valence-corrected chi connectivity index (χ4v) is 7.57. The van der Waals surface area contributed by atoms with Gasteiger partial charge >= 0.3 is 18.1 Å². The molecule has 0 aromatic heterocycles. The SMILES string of the molecule is CC(C)(C)OC(=O)CCC(=O)c1cc(C#CCOCC(C=NCCOCCOCCOCCNC(=O)CCCC[C@@H]2SCC3NC(=O)N[C@@H]32)=NN)ccc1NC(=O)OC(C)(C)C. The molecule has 1 aromatic carbocycles. The van der Waals surface area contributed by atoms with Crippen molar-refractivity contribution in [1.82, 2.24) is 16.0 Å². The summed E-state index contributed by atoms with van der Waals surface area (Å²) >= 11 is 1.89. The molecule has 19 heteroatoms. The minimum Gasteiger partial charge on any atom is -0.460 e. The number of hydrogen-bond acceptors (Lipinski definition) is 15. The van der Waals surface area contributed by atoms with E-state index >= 15 is 0 Å². The highest BCUT2D eigenvalue weighted by molar-refractivity contribution is 8.00. The van der Waals surface area contributed by atoms with Gasteiger partial charge in [0.05, 0.1) is 77.0 Å². The van der Waals surface area contributed by atoms with Gasteiger partial charge in [-0.1, -0.05) is 18.3 Å². The number of rotatable bonds is 26. The number of nitrogens with one attached hydrogen (secondary N) is 4. The average Bonchev–Trinajstić information content (AvgIpc) is 3.75. The average molecular weight is 888 g/mol. The molecule has 0 aliphatic carbocycles. The van der Waals surface area contributed by atoms with Crippen LogP contribution in [0.2, 0.25) is 0 Å². The minimum absolute atomic E-state index is 0.0138. The number of nitrogens with zero attached hydrogens (tertiary/aromatic N) is 2. The van der Waals surface area contributed by atoms with E-state index in [9.17, 15) is 24.0 Å². The van der Waals surface area contributed by atoms with Gasteiger partial charge in [-0.3, -0.25) is 24.7 Å². The van der Waals surface area contributed by atoms with Gasteiger partial charge in [-0.2, -0.15) is 16.9 Å². The number of urea groups is 1. The lowest BCUT2D eigenvalue weighted by atomic mass is 10.0. The number of nitrogens with two attached hydrogens (primary N) is 1. The van der Waals surface area contributed by atoms with Gasteiger partial charge < -0.3 is 50.2 Å². The molecule has 0 spiro atoms. The number of Topliss-reactive ketones (excluding diaryl/α,β-unsaturated/α-hetero) is 1. The van der Waals surface area contributed by atoms with Crippen molar-refractivity contribution in [3.05, 3.63) is 29.3 Å². The van der Waals surface area contributed by atoms with Gasteiger partial charge in [0.15, 0.2) is 5.78 Å². The van der Waals surface area contributed by atoms with Crippen molar-refractivity contribution in [2.75, 3.05) is 77.0 Å². The number of amides is 4. The maximum atomic E-state index is 13.2. The number of ketones is 1. The Balaban J connectivity index is 1.23. The Hall–Kier alpha value is -4.74. The summed E-state index contributed by atoms with van der Waals surface area (Å²) < 4.78 is 32.8. The number of anilines is 1. The smallest absolute Gasteiger partial charge is 0.412 e. The zero-order chi connectivity index (χ0) is 45.4. The van der Waals surface area contributed by atoms with E-state index in [0.717, 1.165) is 25.0 Å². The van der Waals surface area contributed by atoms with Crippen LogP contribution < -0.4 is 27.1 Å². The summed E-state index contributed by atoms with van der Waals surface area (Å²) in [4.78, 5) is 65.8. The van der Waals surface area contributed by atoms with Crippen molar-refractivity contribution >= 4 is 59.2 Å². The number of hydrogen-bond donors (Lipinski definition) is 5. The molecule has 344 valence electrons. The van der Waals surface area contributed by atoms with Crippen LogP contribution in [0.15, 0.2) is 28.3 Å². The number of unbranched alkanes of at least 4 members (excludes halogenated alkanes) is 1. The van der Waals surface area contributed by atoms with Gasteiger partial charge in [0.25, 0.3) is 0 Å². The third-order valence-electron chi connectivity index (χ3n) is 8.75. The zero-order valence-electron chi connectivity index (χ0n) is 36.9. The molecular formula is C43H65N7O11S. The normalized spacial score (nSPS) is 17.4. The van der Waals surface area contributed by atoms with Crippen LogP contribution in [0, 0.1) is 11.8 Å². The standard InChI is InChI=1S/C43H65N7O11S/c1-42(2,3)60-38(53)16-15-35(51)32-26-30(13-14-33(32)48-41(55)61-43(4,5)6)10-9-19-59-28-31(50-44)27-45-17-20-56-22-24-58-25-23-57-21-18-46-37(52)12-8-7-11-36-39-34(29-62-36)47-40(54)49-39/h13-14,26-27,34,36,39H,7-8,11-12,15-25,28-29,44H2,1-6H3,(H,46,52)(H,48,55)(H2,47,49,54)/t34?,36-,39-/m0/s1. The second-order valence-corrected chi connectivity index (χ2v) is 17.7. The molecule has 2 aliphatic rings. The van der Waals surface area contributed by atoms with Gasteiger partial charge in [0.1, 0.15) is 23.5 Å². The van der Waals surface area contributed by atoms with Crippen LogP contribution in [-0.4, -0.2) is 142 Å². The van der Waals surface area contributed by atoms with Crippen LogP contribution in [-0.2, 0) is 38.0 Å². The van der Waals surface area contributed by atoms with Crippen molar-refractivity contribution in [3.8, 4) is 11.8 Å². The fraction of sp³-hybridized carbons (Fsp3) is 0.651. The Bertz CT molecular complexity index is 1750.